The fourth-order valence-electron chi connectivity index (χ4n) is 2.98. The monoisotopic (exact) mass is 420 g/mol. The summed E-state index contributed by atoms with van der Waals surface area (Å²) in [6.07, 6.45) is -1.03. The van der Waals surface area contributed by atoms with Crippen molar-refractivity contribution in [2.45, 2.75) is 12.6 Å². The van der Waals surface area contributed by atoms with E-state index in [9.17, 15) is 13.2 Å². The van der Waals surface area contributed by atoms with Gasteiger partial charge in [-0.3, -0.25) is 0 Å². The van der Waals surface area contributed by atoms with Gasteiger partial charge in [-0.1, -0.05) is 18.2 Å². The summed E-state index contributed by atoms with van der Waals surface area (Å²) >= 11 is 3.40. The molecule has 0 bridgehead atoms. The Bertz CT molecular complexity index is 1070. The molecule has 0 spiro atoms. The van der Waals surface area contributed by atoms with Gasteiger partial charge in [0.15, 0.2) is 5.76 Å². The molecule has 1 aromatic carbocycles. The van der Waals surface area contributed by atoms with Crippen molar-refractivity contribution in [2.75, 3.05) is 0 Å². The van der Waals surface area contributed by atoms with Gasteiger partial charge in [-0.15, -0.1) is 0 Å². The second-order valence-corrected chi connectivity index (χ2v) is 6.71. The van der Waals surface area contributed by atoms with Crippen LogP contribution < -0.4 is 0 Å². The SMILES string of the molecule is FC(F)(F)c1ccccc1Cc1c(-c2ccco2)nc2ccc(Br)cn12. The molecular formula is C19H12BrF3N2O. The Morgan fingerprint density at radius 2 is 1.85 bits per heavy atom. The second-order valence-electron chi connectivity index (χ2n) is 5.79. The van der Waals surface area contributed by atoms with E-state index in [-0.39, 0.29) is 12.0 Å². The van der Waals surface area contributed by atoms with Crippen molar-refractivity contribution in [1.29, 1.82) is 0 Å². The molecule has 0 aliphatic rings. The molecule has 0 saturated heterocycles. The maximum absolute atomic E-state index is 13.4. The largest absolute Gasteiger partial charge is 0.463 e. The Kier molecular flexibility index (Phi) is 4.11. The van der Waals surface area contributed by atoms with E-state index in [2.05, 4.69) is 20.9 Å². The maximum atomic E-state index is 13.4. The van der Waals surface area contributed by atoms with Crippen LogP contribution in [-0.4, -0.2) is 9.38 Å². The average molecular weight is 421 g/mol. The highest BCUT2D eigenvalue weighted by Crippen LogP contribution is 2.35. The first-order valence-electron chi connectivity index (χ1n) is 7.79. The van der Waals surface area contributed by atoms with Crippen LogP contribution in [0.15, 0.2) is 69.9 Å². The Morgan fingerprint density at radius 3 is 2.58 bits per heavy atom. The number of alkyl halides is 3. The van der Waals surface area contributed by atoms with Crippen molar-refractivity contribution in [3.8, 4) is 11.5 Å². The minimum absolute atomic E-state index is 0.0728. The second kappa shape index (κ2) is 6.32. The van der Waals surface area contributed by atoms with Gasteiger partial charge >= 0.3 is 6.18 Å². The van der Waals surface area contributed by atoms with Gasteiger partial charge in [0.25, 0.3) is 0 Å². The first kappa shape index (κ1) is 16.9. The van der Waals surface area contributed by atoms with Crippen molar-refractivity contribution in [2.24, 2.45) is 0 Å². The van der Waals surface area contributed by atoms with Crippen molar-refractivity contribution >= 4 is 21.6 Å². The lowest BCUT2D eigenvalue weighted by atomic mass is 10.0. The smallest absolute Gasteiger partial charge is 0.416 e. The van der Waals surface area contributed by atoms with E-state index in [0.717, 1.165) is 10.5 Å². The fraction of sp³-hybridized carbons (Fsp3) is 0.105. The number of furan rings is 1. The van der Waals surface area contributed by atoms with Gasteiger partial charge in [0, 0.05) is 17.1 Å². The molecule has 0 radical (unpaired) electrons. The van der Waals surface area contributed by atoms with Gasteiger partial charge in [-0.05, 0) is 51.8 Å². The summed E-state index contributed by atoms with van der Waals surface area (Å²) in [7, 11) is 0. The van der Waals surface area contributed by atoms with Crippen molar-refractivity contribution in [3.05, 3.63) is 82.3 Å². The number of benzene rings is 1. The molecule has 4 aromatic rings. The van der Waals surface area contributed by atoms with Gasteiger partial charge in [0.1, 0.15) is 11.3 Å². The van der Waals surface area contributed by atoms with Crippen molar-refractivity contribution in [3.63, 3.8) is 0 Å². The molecule has 0 unspecified atom stereocenters. The lowest BCUT2D eigenvalue weighted by molar-refractivity contribution is -0.138. The zero-order valence-corrected chi connectivity index (χ0v) is 14.9. The van der Waals surface area contributed by atoms with Crippen molar-refractivity contribution in [1.82, 2.24) is 9.38 Å². The number of hydrogen-bond acceptors (Lipinski definition) is 2. The maximum Gasteiger partial charge on any atom is 0.416 e. The van der Waals surface area contributed by atoms with E-state index in [1.807, 2.05) is 6.07 Å². The van der Waals surface area contributed by atoms with Crippen molar-refractivity contribution < 1.29 is 17.6 Å². The number of aromatic nitrogens is 2. The third kappa shape index (κ3) is 3.03. The molecule has 3 heterocycles. The topological polar surface area (TPSA) is 30.4 Å². The van der Waals surface area contributed by atoms with E-state index in [1.165, 1.54) is 18.4 Å². The summed E-state index contributed by atoms with van der Waals surface area (Å²) in [4.78, 5) is 4.55. The molecule has 0 atom stereocenters. The van der Waals surface area contributed by atoms with Crippen LogP contribution in [0.1, 0.15) is 16.8 Å². The van der Waals surface area contributed by atoms with Crippen LogP contribution in [0.3, 0.4) is 0 Å². The van der Waals surface area contributed by atoms with Crippen LogP contribution in [0.5, 0.6) is 0 Å². The van der Waals surface area contributed by atoms with Gasteiger partial charge in [0.2, 0.25) is 0 Å². The normalized spacial score (nSPS) is 12.0. The molecule has 0 N–H and O–H groups in total. The molecule has 0 saturated carbocycles. The molecule has 4 rings (SSSR count). The number of nitrogens with zero attached hydrogens (tertiary/aromatic N) is 2. The summed E-state index contributed by atoms with van der Waals surface area (Å²) in [6, 6.07) is 12.7. The molecule has 0 aliphatic carbocycles. The summed E-state index contributed by atoms with van der Waals surface area (Å²) in [5.41, 5.74) is 1.35. The average Bonchev–Trinajstić information content (AvgIpc) is 3.23. The highest BCUT2D eigenvalue weighted by Gasteiger charge is 2.33. The molecule has 26 heavy (non-hydrogen) atoms. The third-order valence-corrected chi connectivity index (χ3v) is 4.59. The Hall–Kier alpha value is -2.54. The predicted octanol–water partition coefficient (Wildman–Crippen LogP) is 5.97. The van der Waals surface area contributed by atoms with E-state index >= 15 is 0 Å². The number of rotatable bonds is 3. The molecular weight excluding hydrogens is 409 g/mol. The van der Waals surface area contributed by atoms with E-state index in [1.54, 1.807) is 34.9 Å². The van der Waals surface area contributed by atoms with Crippen LogP contribution in [0.2, 0.25) is 0 Å². The lowest BCUT2D eigenvalue weighted by Gasteiger charge is -2.13. The first-order chi connectivity index (χ1) is 12.4. The third-order valence-electron chi connectivity index (χ3n) is 4.12. The minimum atomic E-state index is -4.41. The van der Waals surface area contributed by atoms with Crippen LogP contribution >= 0.6 is 15.9 Å². The van der Waals surface area contributed by atoms with Gasteiger partial charge in [-0.25, -0.2) is 4.98 Å². The number of hydrogen-bond donors (Lipinski definition) is 0. The Labute approximate surface area is 155 Å². The van der Waals surface area contributed by atoms with E-state index in [0.29, 0.717) is 22.8 Å². The molecule has 7 heteroatoms. The molecule has 0 fully saturated rings. The standard InChI is InChI=1S/C19H12BrF3N2O/c20-13-7-8-17-24-18(16-6-3-9-26-16)15(25(17)11-13)10-12-4-1-2-5-14(12)19(21,22)23/h1-9,11H,10H2. The van der Waals surface area contributed by atoms with E-state index < -0.39 is 11.7 Å². The molecule has 3 aromatic heterocycles. The first-order valence-corrected chi connectivity index (χ1v) is 8.58. The lowest BCUT2D eigenvalue weighted by Crippen LogP contribution is -2.10. The molecule has 0 amide bonds. The summed E-state index contributed by atoms with van der Waals surface area (Å²) in [5, 5.41) is 0. The predicted molar refractivity (Wildman–Crippen MR) is 94.8 cm³/mol. The van der Waals surface area contributed by atoms with Gasteiger partial charge < -0.3 is 8.82 Å². The van der Waals surface area contributed by atoms with Gasteiger partial charge in [-0.2, -0.15) is 13.2 Å². The summed E-state index contributed by atoms with van der Waals surface area (Å²) in [6.45, 7) is 0. The number of fused-ring (bicyclic) bond motifs is 1. The fourth-order valence-corrected chi connectivity index (χ4v) is 3.32. The number of pyridine rings is 1. The summed E-state index contributed by atoms with van der Waals surface area (Å²) < 4.78 is 48.2. The summed E-state index contributed by atoms with van der Waals surface area (Å²) in [5.74, 6) is 0.518. The van der Waals surface area contributed by atoms with Crippen LogP contribution in [-0.2, 0) is 12.6 Å². The van der Waals surface area contributed by atoms with Crippen LogP contribution in [0.25, 0.3) is 17.1 Å². The van der Waals surface area contributed by atoms with Crippen LogP contribution in [0, 0.1) is 0 Å². The highest BCUT2D eigenvalue weighted by atomic mass is 79.9. The molecule has 0 aliphatic heterocycles. The Morgan fingerprint density at radius 1 is 1.04 bits per heavy atom. The van der Waals surface area contributed by atoms with Crippen LogP contribution in [0.4, 0.5) is 13.2 Å². The van der Waals surface area contributed by atoms with Gasteiger partial charge in [0.05, 0.1) is 17.5 Å². The highest BCUT2D eigenvalue weighted by molar-refractivity contribution is 9.10. The molecule has 132 valence electrons. The zero-order valence-electron chi connectivity index (χ0n) is 13.3. The Balaban J connectivity index is 1.92. The number of imidazole rings is 1. The zero-order chi connectivity index (χ0) is 18.3. The minimum Gasteiger partial charge on any atom is -0.463 e. The van der Waals surface area contributed by atoms with E-state index in [4.69, 9.17) is 4.42 Å². The quantitative estimate of drug-likeness (QED) is 0.408. The molecule has 3 nitrogen and oxygen atoms in total. The number of halogens is 4.